The largest absolute Gasteiger partial charge is 0.449 e. The first-order valence-electron chi connectivity index (χ1n) is 7.70. The Hall–Kier alpha value is -3.03. The monoisotopic (exact) mass is 344 g/mol. The number of rotatable bonds is 3. The minimum atomic E-state index is -1.13. The lowest BCUT2D eigenvalue weighted by atomic mass is 10.1. The average molecular weight is 344 g/mol. The predicted octanol–water partition coefficient (Wildman–Crippen LogP) is 1.80. The van der Waals surface area contributed by atoms with Crippen molar-refractivity contribution in [2.75, 3.05) is 0 Å². The van der Waals surface area contributed by atoms with E-state index < -0.39 is 29.6 Å². The van der Waals surface area contributed by atoms with E-state index in [0.717, 1.165) is 0 Å². The molecule has 1 aromatic carbocycles. The van der Waals surface area contributed by atoms with Crippen LogP contribution < -0.4 is 10.6 Å². The second kappa shape index (κ2) is 7.25. The molecule has 0 fully saturated rings. The van der Waals surface area contributed by atoms with E-state index in [-0.39, 0.29) is 5.56 Å². The molecule has 0 radical (unpaired) electrons. The van der Waals surface area contributed by atoms with Crippen LogP contribution in [0.25, 0.3) is 11.0 Å². The molecule has 2 aromatic rings. The van der Waals surface area contributed by atoms with E-state index in [1.165, 1.54) is 25.3 Å². The average Bonchev–Trinajstić information content (AvgIpc) is 2.52. The van der Waals surface area contributed by atoms with Gasteiger partial charge in [-0.3, -0.25) is 20.1 Å². The Morgan fingerprint density at radius 2 is 1.72 bits per heavy atom. The van der Waals surface area contributed by atoms with E-state index in [4.69, 9.17) is 4.74 Å². The number of nitrogens with one attached hydrogen (secondary N) is 2. The molecular formula is C17H20N4O4. The number of urea groups is 1. The molecule has 1 heterocycles. The molecule has 1 atom stereocenters. The highest BCUT2D eigenvalue weighted by atomic mass is 16.5. The Morgan fingerprint density at radius 3 is 2.36 bits per heavy atom. The SMILES string of the molecule is C[C@H](OC(=O)c1ccc2nccnc2c1)C(=O)NC(=O)NC(C)(C)C. The van der Waals surface area contributed by atoms with E-state index in [1.54, 1.807) is 33.0 Å². The second-order valence-corrected chi connectivity index (χ2v) is 6.50. The van der Waals surface area contributed by atoms with Crippen molar-refractivity contribution in [3.8, 4) is 0 Å². The Labute approximate surface area is 145 Å². The van der Waals surface area contributed by atoms with Crippen LogP contribution in [-0.4, -0.2) is 39.5 Å². The van der Waals surface area contributed by atoms with Crippen molar-refractivity contribution in [2.24, 2.45) is 0 Å². The van der Waals surface area contributed by atoms with Gasteiger partial charge in [0.2, 0.25) is 0 Å². The highest BCUT2D eigenvalue weighted by Crippen LogP contribution is 2.12. The predicted molar refractivity (Wildman–Crippen MR) is 90.8 cm³/mol. The zero-order chi connectivity index (χ0) is 18.6. The summed E-state index contributed by atoms with van der Waals surface area (Å²) in [5, 5.41) is 4.72. The molecule has 0 bridgehead atoms. The number of hydrogen-bond acceptors (Lipinski definition) is 6. The Morgan fingerprint density at radius 1 is 1.08 bits per heavy atom. The van der Waals surface area contributed by atoms with Gasteiger partial charge in [0.25, 0.3) is 5.91 Å². The second-order valence-electron chi connectivity index (χ2n) is 6.50. The maximum Gasteiger partial charge on any atom is 0.338 e. The normalized spacial score (nSPS) is 12.3. The molecule has 1 aromatic heterocycles. The fraction of sp³-hybridized carbons (Fsp3) is 0.353. The van der Waals surface area contributed by atoms with Crippen LogP contribution in [0.2, 0.25) is 0 Å². The van der Waals surface area contributed by atoms with Gasteiger partial charge in [0.1, 0.15) is 0 Å². The van der Waals surface area contributed by atoms with Crippen molar-refractivity contribution < 1.29 is 19.1 Å². The zero-order valence-corrected chi connectivity index (χ0v) is 14.5. The Bertz CT molecular complexity index is 814. The first-order chi connectivity index (χ1) is 11.7. The third-order valence-corrected chi connectivity index (χ3v) is 3.08. The van der Waals surface area contributed by atoms with Gasteiger partial charge in [0, 0.05) is 17.9 Å². The minimum Gasteiger partial charge on any atom is -0.449 e. The van der Waals surface area contributed by atoms with Crippen LogP contribution in [0.5, 0.6) is 0 Å². The van der Waals surface area contributed by atoms with Crippen molar-refractivity contribution in [2.45, 2.75) is 39.3 Å². The fourth-order valence-corrected chi connectivity index (χ4v) is 1.96. The lowest BCUT2D eigenvalue weighted by molar-refractivity contribution is -0.127. The van der Waals surface area contributed by atoms with E-state index in [2.05, 4.69) is 20.6 Å². The number of hydrogen-bond donors (Lipinski definition) is 2. The molecule has 0 unspecified atom stereocenters. The molecule has 0 aliphatic carbocycles. The Kier molecular flexibility index (Phi) is 5.31. The number of nitrogens with zero attached hydrogens (tertiary/aromatic N) is 2. The van der Waals surface area contributed by atoms with Crippen molar-refractivity contribution in [3.05, 3.63) is 36.2 Å². The van der Waals surface area contributed by atoms with Crippen LogP contribution in [0, 0.1) is 0 Å². The molecule has 2 N–H and O–H groups in total. The first-order valence-corrected chi connectivity index (χ1v) is 7.70. The molecular weight excluding hydrogens is 324 g/mol. The number of fused-ring (bicyclic) bond motifs is 1. The number of imide groups is 1. The maximum atomic E-state index is 12.2. The van der Waals surface area contributed by atoms with Crippen molar-refractivity contribution in [1.29, 1.82) is 0 Å². The molecule has 132 valence electrons. The lowest BCUT2D eigenvalue weighted by Gasteiger charge is -2.21. The molecule has 0 spiro atoms. The summed E-state index contributed by atoms with van der Waals surface area (Å²) in [5.41, 5.74) is 0.935. The highest BCUT2D eigenvalue weighted by Gasteiger charge is 2.22. The van der Waals surface area contributed by atoms with Crippen molar-refractivity contribution in [3.63, 3.8) is 0 Å². The molecule has 0 aliphatic rings. The number of carbonyl (C=O) groups is 3. The van der Waals surface area contributed by atoms with Gasteiger partial charge in [-0.25, -0.2) is 9.59 Å². The zero-order valence-electron chi connectivity index (χ0n) is 14.5. The van der Waals surface area contributed by atoms with Crippen LogP contribution in [-0.2, 0) is 9.53 Å². The summed E-state index contributed by atoms with van der Waals surface area (Å²) < 4.78 is 5.10. The lowest BCUT2D eigenvalue weighted by Crippen LogP contribution is -2.50. The first kappa shape index (κ1) is 18.3. The summed E-state index contributed by atoms with van der Waals surface area (Å²) in [6.45, 7) is 6.73. The quantitative estimate of drug-likeness (QED) is 0.822. The van der Waals surface area contributed by atoms with Gasteiger partial charge in [-0.1, -0.05) is 0 Å². The summed E-state index contributed by atoms with van der Waals surface area (Å²) in [6, 6.07) is 4.06. The molecule has 25 heavy (non-hydrogen) atoms. The standard InChI is InChI=1S/C17H20N4O4/c1-10(14(22)20-16(24)21-17(2,3)4)25-15(23)11-5-6-12-13(9-11)19-8-7-18-12/h5-10H,1-4H3,(H2,20,21,22,24)/t10-/m0/s1. The van der Waals surface area contributed by atoms with Gasteiger partial charge in [-0.2, -0.15) is 0 Å². The Balaban J connectivity index is 1.98. The highest BCUT2D eigenvalue weighted by molar-refractivity contribution is 5.99. The summed E-state index contributed by atoms with van der Waals surface area (Å²) in [7, 11) is 0. The molecule has 8 nitrogen and oxygen atoms in total. The number of carbonyl (C=O) groups excluding carboxylic acids is 3. The summed E-state index contributed by atoms with van der Waals surface area (Å²) >= 11 is 0. The number of aromatic nitrogens is 2. The summed E-state index contributed by atoms with van der Waals surface area (Å²) in [6.07, 6.45) is 1.94. The summed E-state index contributed by atoms with van der Waals surface area (Å²) in [5.74, 6) is -1.40. The smallest absolute Gasteiger partial charge is 0.338 e. The fourth-order valence-electron chi connectivity index (χ4n) is 1.96. The van der Waals surface area contributed by atoms with Crippen LogP contribution in [0.1, 0.15) is 38.1 Å². The van der Waals surface area contributed by atoms with Gasteiger partial charge in [0.15, 0.2) is 6.10 Å². The topological polar surface area (TPSA) is 110 Å². The van der Waals surface area contributed by atoms with Gasteiger partial charge in [-0.15, -0.1) is 0 Å². The van der Waals surface area contributed by atoms with Gasteiger partial charge in [0.05, 0.1) is 16.6 Å². The summed E-state index contributed by atoms with van der Waals surface area (Å²) in [4.78, 5) is 44.0. The molecule has 2 rings (SSSR count). The molecule has 3 amide bonds. The minimum absolute atomic E-state index is 0.242. The number of esters is 1. The molecule has 0 aliphatic heterocycles. The van der Waals surface area contributed by atoms with Crippen LogP contribution in [0.15, 0.2) is 30.6 Å². The van der Waals surface area contributed by atoms with Crippen LogP contribution in [0.3, 0.4) is 0 Å². The van der Waals surface area contributed by atoms with Gasteiger partial charge < -0.3 is 10.1 Å². The number of amides is 3. The number of ether oxygens (including phenoxy) is 1. The van der Waals surface area contributed by atoms with Crippen LogP contribution in [0.4, 0.5) is 4.79 Å². The van der Waals surface area contributed by atoms with E-state index >= 15 is 0 Å². The third-order valence-electron chi connectivity index (χ3n) is 3.08. The van der Waals surface area contributed by atoms with Gasteiger partial charge in [-0.05, 0) is 45.9 Å². The van der Waals surface area contributed by atoms with Crippen molar-refractivity contribution >= 4 is 28.9 Å². The van der Waals surface area contributed by atoms with E-state index in [0.29, 0.717) is 11.0 Å². The third kappa shape index (κ3) is 5.23. The van der Waals surface area contributed by atoms with Crippen molar-refractivity contribution in [1.82, 2.24) is 20.6 Å². The molecule has 0 saturated carbocycles. The molecule has 8 heteroatoms. The molecule has 0 saturated heterocycles. The maximum absolute atomic E-state index is 12.2. The van der Waals surface area contributed by atoms with Crippen LogP contribution >= 0.6 is 0 Å². The van der Waals surface area contributed by atoms with E-state index in [9.17, 15) is 14.4 Å². The van der Waals surface area contributed by atoms with E-state index in [1.807, 2.05) is 0 Å². The van der Waals surface area contributed by atoms with Gasteiger partial charge >= 0.3 is 12.0 Å². The number of benzene rings is 1.